The number of benzene rings is 1. The van der Waals surface area contributed by atoms with Gasteiger partial charge in [-0.3, -0.25) is 9.78 Å². The minimum absolute atomic E-state index is 0.0548. The van der Waals surface area contributed by atoms with Gasteiger partial charge in [0.15, 0.2) is 0 Å². The van der Waals surface area contributed by atoms with Crippen LogP contribution in [0.5, 0.6) is 0 Å². The SMILES string of the molecule is Cc1ccc(C(=O)NCc2ncccc2C)c(F)c1. The molecular formula is C15H15FN2O. The monoisotopic (exact) mass is 258 g/mol. The summed E-state index contributed by atoms with van der Waals surface area (Å²) in [6.07, 6.45) is 1.67. The lowest BCUT2D eigenvalue weighted by atomic mass is 10.1. The van der Waals surface area contributed by atoms with E-state index in [0.717, 1.165) is 16.8 Å². The first kappa shape index (κ1) is 13.2. The van der Waals surface area contributed by atoms with Gasteiger partial charge in [-0.2, -0.15) is 0 Å². The van der Waals surface area contributed by atoms with Crippen LogP contribution in [0.1, 0.15) is 27.2 Å². The third kappa shape index (κ3) is 3.16. The lowest BCUT2D eigenvalue weighted by molar-refractivity contribution is 0.0946. The van der Waals surface area contributed by atoms with E-state index in [1.54, 1.807) is 19.2 Å². The van der Waals surface area contributed by atoms with Crippen molar-refractivity contribution in [1.29, 1.82) is 0 Å². The Hall–Kier alpha value is -2.23. The molecule has 0 aliphatic carbocycles. The van der Waals surface area contributed by atoms with Crippen molar-refractivity contribution in [1.82, 2.24) is 10.3 Å². The molecule has 19 heavy (non-hydrogen) atoms. The fourth-order valence-electron chi connectivity index (χ4n) is 1.77. The molecule has 2 aromatic rings. The third-order valence-electron chi connectivity index (χ3n) is 2.90. The van der Waals surface area contributed by atoms with Gasteiger partial charge in [0.1, 0.15) is 5.82 Å². The minimum atomic E-state index is -0.504. The van der Waals surface area contributed by atoms with Crippen molar-refractivity contribution in [2.45, 2.75) is 20.4 Å². The van der Waals surface area contributed by atoms with Crippen LogP contribution in [0, 0.1) is 19.7 Å². The number of nitrogens with one attached hydrogen (secondary N) is 1. The number of amides is 1. The number of nitrogens with zero attached hydrogens (tertiary/aromatic N) is 1. The van der Waals surface area contributed by atoms with Gasteiger partial charge in [0.2, 0.25) is 0 Å². The number of aromatic nitrogens is 1. The number of hydrogen-bond donors (Lipinski definition) is 1. The molecule has 98 valence electrons. The second-order valence-electron chi connectivity index (χ2n) is 4.43. The van der Waals surface area contributed by atoms with Crippen molar-refractivity contribution < 1.29 is 9.18 Å². The van der Waals surface area contributed by atoms with Crippen LogP contribution >= 0.6 is 0 Å². The van der Waals surface area contributed by atoms with Gasteiger partial charge in [-0.05, 0) is 43.2 Å². The van der Waals surface area contributed by atoms with E-state index >= 15 is 0 Å². The highest BCUT2D eigenvalue weighted by Gasteiger charge is 2.11. The molecule has 0 bridgehead atoms. The van der Waals surface area contributed by atoms with Crippen molar-refractivity contribution >= 4 is 5.91 Å². The zero-order valence-corrected chi connectivity index (χ0v) is 10.9. The summed E-state index contributed by atoms with van der Waals surface area (Å²) in [5.41, 5.74) is 2.62. The molecule has 1 aromatic heterocycles. The predicted octanol–water partition coefficient (Wildman–Crippen LogP) is 2.77. The maximum atomic E-state index is 13.6. The highest BCUT2D eigenvalue weighted by Crippen LogP contribution is 2.10. The summed E-state index contributed by atoms with van der Waals surface area (Å²) in [7, 11) is 0. The number of halogens is 1. The number of hydrogen-bond acceptors (Lipinski definition) is 2. The molecule has 3 nitrogen and oxygen atoms in total. The number of aryl methyl sites for hydroxylation is 2. The van der Waals surface area contributed by atoms with Crippen LogP contribution in [0.4, 0.5) is 4.39 Å². The highest BCUT2D eigenvalue weighted by molar-refractivity contribution is 5.94. The second-order valence-corrected chi connectivity index (χ2v) is 4.43. The lowest BCUT2D eigenvalue weighted by Crippen LogP contribution is -2.24. The summed E-state index contributed by atoms with van der Waals surface area (Å²) in [5, 5.41) is 2.67. The highest BCUT2D eigenvalue weighted by atomic mass is 19.1. The average Bonchev–Trinajstić information content (AvgIpc) is 2.37. The number of carbonyl (C=O) groups is 1. The Bertz CT molecular complexity index is 611. The van der Waals surface area contributed by atoms with Crippen LogP contribution in [-0.2, 0) is 6.54 Å². The molecule has 0 radical (unpaired) electrons. The van der Waals surface area contributed by atoms with Gasteiger partial charge in [-0.1, -0.05) is 12.1 Å². The van der Waals surface area contributed by atoms with Gasteiger partial charge in [0.25, 0.3) is 5.91 Å². The van der Waals surface area contributed by atoms with Crippen LogP contribution in [0.2, 0.25) is 0 Å². The molecule has 0 unspecified atom stereocenters. The van der Waals surface area contributed by atoms with E-state index < -0.39 is 11.7 Å². The summed E-state index contributed by atoms with van der Waals surface area (Å²) in [6.45, 7) is 3.99. The normalized spacial score (nSPS) is 10.3. The van der Waals surface area contributed by atoms with E-state index in [-0.39, 0.29) is 5.56 Å². The van der Waals surface area contributed by atoms with E-state index in [2.05, 4.69) is 10.3 Å². The Kier molecular flexibility index (Phi) is 3.90. The van der Waals surface area contributed by atoms with E-state index in [1.165, 1.54) is 12.1 Å². The topological polar surface area (TPSA) is 42.0 Å². The molecule has 0 spiro atoms. The van der Waals surface area contributed by atoms with Crippen LogP contribution in [-0.4, -0.2) is 10.9 Å². The van der Waals surface area contributed by atoms with Crippen LogP contribution in [0.25, 0.3) is 0 Å². The standard InChI is InChI=1S/C15H15FN2O/c1-10-5-6-12(13(16)8-10)15(19)18-9-14-11(2)4-3-7-17-14/h3-8H,9H2,1-2H3,(H,18,19). The first-order chi connectivity index (χ1) is 9.08. The smallest absolute Gasteiger partial charge is 0.254 e. The van der Waals surface area contributed by atoms with Crippen LogP contribution < -0.4 is 5.32 Å². The molecular weight excluding hydrogens is 243 g/mol. The van der Waals surface area contributed by atoms with Crippen LogP contribution in [0.15, 0.2) is 36.5 Å². The molecule has 4 heteroatoms. The fourth-order valence-corrected chi connectivity index (χ4v) is 1.77. The van der Waals surface area contributed by atoms with Crippen molar-refractivity contribution in [3.8, 4) is 0 Å². The molecule has 0 aliphatic rings. The minimum Gasteiger partial charge on any atom is -0.346 e. The maximum Gasteiger partial charge on any atom is 0.254 e. The molecule has 1 aromatic carbocycles. The summed E-state index contributed by atoms with van der Waals surface area (Å²) < 4.78 is 13.6. The molecule has 0 saturated heterocycles. The molecule has 0 saturated carbocycles. The average molecular weight is 258 g/mol. The molecule has 0 aliphatic heterocycles. The third-order valence-corrected chi connectivity index (χ3v) is 2.90. The zero-order chi connectivity index (χ0) is 13.8. The van der Waals surface area contributed by atoms with Crippen molar-refractivity contribution in [3.63, 3.8) is 0 Å². The van der Waals surface area contributed by atoms with Crippen LogP contribution in [0.3, 0.4) is 0 Å². The maximum absolute atomic E-state index is 13.6. The predicted molar refractivity (Wildman–Crippen MR) is 71.3 cm³/mol. The van der Waals surface area contributed by atoms with Crippen molar-refractivity contribution in [2.24, 2.45) is 0 Å². The number of carbonyl (C=O) groups excluding carboxylic acids is 1. The van der Waals surface area contributed by atoms with Gasteiger partial charge in [0, 0.05) is 6.20 Å². The first-order valence-electron chi connectivity index (χ1n) is 6.03. The van der Waals surface area contributed by atoms with E-state index in [0.29, 0.717) is 6.54 Å². The van der Waals surface area contributed by atoms with E-state index in [1.807, 2.05) is 19.1 Å². The summed E-state index contributed by atoms with van der Waals surface area (Å²) >= 11 is 0. The Labute approximate surface area is 111 Å². The van der Waals surface area contributed by atoms with Gasteiger partial charge in [-0.15, -0.1) is 0 Å². The summed E-state index contributed by atoms with van der Waals surface area (Å²) in [5.74, 6) is -0.933. The Morgan fingerprint density at radius 1 is 1.32 bits per heavy atom. The zero-order valence-electron chi connectivity index (χ0n) is 10.9. The quantitative estimate of drug-likeness (QED) is 0.919. The van der Waals surface area contributed by atoms with Crippen molar-refractivity contribution in [3.05, 3.63) is 64.7 Å². The van der Waals surface area contributed by atoms with Gasteiger partial charge >= 0.3 is 0 Å². The van der Waals surface area contributed by atoms with Gasteiger partial charge < -0.3 is 5.32 Å². The molecule has 0 atom stereocenters. The molecule has 0 fully saturated rings. The lowest BCUT2D eigenvalue weighted by Gasteiger charge is -2.08. The van der Waals surface area contributed by atoms with Crippen molar-refractivity contribution in [2.75, 3.05) is 0 Å². The largest absolute Gasteiger partial charge is 0.346 e. The molecule has 1 heterocycles. The van der Waals surface area contributed by atoms with Gasteiger partial charge in [-0.25, -0.2) is 4.39 Å². The second kappa shape index (κ2) is 5.61. The Balaban J connectivity index is 2.08. The number of rotatable bonds is 3. The molecule has 1 N–H and O–H groups in total. The van der Waals surface area contributed by atoms with E-state index in [9.17, 15) is 9.18 Å². The summed E-state index contributed by atoms with van der Waals surface area (Å²) in [6, 6.07) is 8.30. The Morgan fingerprint density at radius 2 is 2.11 bits per heavy atom. The first-order valence-corrected chi connectivity index (χ1v) is 6.03. The molecule has 1 amide bonds. The van der Waals surface area contributed by atoms with E-state index in [4.69, 9.17) is 0 Å². The number of pyridine rings is 1. The molecule has 2 rings (SSSR count). The van der Waals surface area contributed by atoms with Gasteiger partial charge in [0.05, 0.1) is 17.8 Å². The fraction of sp³-hybridized carbons (Fsp3) is 0.200. The summed E-state index contributed by atoms with van der Waals surface area (Å²) in [4.78, 5) is 16.1. The Morgan fingerprint density at radius 3 is 2.79 bits per heavy atom.